The minimum absolute atomic E-state index is 0.0707. The van der Waals surface area contributed by atoms with Gasteiger partial charge in [-0.05, 0) is 13.8 Å². The van der Waals surface area contributed by atoms with Crippen LogP contribution in [0.15, 0.2) is 0 Å². The predicted molar refractivity (Wildman–Crippen MR) is 44.4 cm³/mol. The van der Waals surface area contributed by atoms with Crippen molar-refractivity contribution < 1.29 is 9.53 Å². The van der Waals surface area contributed by atoms with E-state index in [0.29, 0.717) is 6.42 Å². The van der Waals surface area contributed by atoms with Crippen LogP contribution < -0.4 is 5.32 Å². The van der Waals surface area contributed by atoms with Gasteiger partial charge in [0.2, 0.25) is 5.91 Å². The lowest BCUT2D eigenvalue weighted by Crippen LogP contribution is -2.40. The maximum Gasteiger partial charge on any atom is 0.220 e. The summed E-state index contributed by atoms with van der Waals surface area (Å²) in [6.07, 6.45) is 0.603. The molecule has 0 aliphatic heterocycles. The molecule has 0 heterocycles. The third-order valence-electron chi connectivity index (χ3n) is 1.79. The van der Waals surface area contributed by atoms with E-state index in [0.717, 1.165) is 0 Å². The van der Waals surface area contributed by atoms with Crippen molar-refractivity contribution in [3.8, 4) is 0 Å². The Morgan fingerprint density at radius 2 is 2.09 bits per heavy atom. The quantitative estimate of drug-likeness (QED) is 0.663. The summed E-state index contributed by atoms with van der Waals surface area (Å²) in [7, 11) is 1.64. The Labute approximate surface area is 68.1 Å². The molecule has 0 aromatic heterocycles. The number of hydrogen-bond donors (Lipinski definition) is 1. The standard InChI is InChI=1S/C8H17NO2/c1-5-8(10)9-6(2)7(3)11-4/h6-7H,5H2,1-4H3,(H,9,10)/t6-,7?/m1/s1. The first-order valence-electron chi connectivity index (χ1n) is 3.94. The molecule has 3 nitrogen and oxygen atoms in total. The van der Waals surface area contributed by atoms with Gasteiger partial charge in [-0.15, -0.1) is 0 Å². The van der Waals surface area contributed by atoms with E-state index in [1.54, 1.807) is 7.11 Å². The number of hydrogen-bond acceptors (Lipinski definition) is 2. The molecule has 3 heteroatoms. The van der Waals surface area contributed by atoms with Crippen molar-refractivity contribution in [1.82, 2.24) is 5.32 Å². The van der Waals surface area contributed by atoms with Crippen molar-refractivity contribution in [3.05, 3.63) is 0 Å². The summed E-state index contributed by atoms with van der Waals surface area (Å²) >= 11 is 0. The van der Waals surface area contributed by atoms with Crippen molar-refractivity contribution >= 4 is 5.91 Å². The number of nitrogens with one attached hydrogen (secondary N) is 1. The lowest BCUT2D eigenvalue weighted by Gasteiger charge is -2.19. The number of amides is 1. The Morgan fingerprint density at radius 3 is 2.45 bits per heavy atom. The molecule has 0 spiro atoms. The van der Waals surface area contributed by atoms with E-state index < -0.39 is 0 Å². The van der Waals surface area contributed by atoms with E-state index in [-0.39, 0.29) is 18.1 Å². The zero-order valence-electron chi connectivity index (χ0n) is 7.68. The van der Waals surface area contributed by atoms with Gasteiger partial charge in [0, 0.05) is 13.5 Å². The van der Waals surface area contributed by atoms with Crippen LogP contribution in [0.4, 0.5) is 0 Å². The van der Waals surface area contributed by atoms with Gasteiger partial charge in [-0.1, -0.05) is 6.92 Å². The Bertz CT molecular complexity index is 125. The highest BCUT2D eigenvalue weighted by Crippen LogP contribution is 1.95. The van der Waals surface area contributed by atoms with Gasteiger partial charge in [0.05, 0.1) is 12.1 Å². The second-order valence-corrected chi connectivity index (χ2v) is 2.65. The van der Waals surface area contributed by atoms with E-state index in [4.69, 9.17) is 4.74 Å². The number of carbonyl (C=O) groups is 1. The first-order chi connectivity index (χ1) is 5.11. The summed E-state index contributed by atoms with van der Waals surface area (Å²) in [5.74, 6) is 0.0707. The van der Waals surface area contributed by atoms with Crippen LogP contribution in [0.5, 0.6) is 0 Å². The molecular weight excluding hydrogens is 142 g/mol. The van der Waals surface area contributed by atoms with Gasteiger partial charge in [-0.25, -0.2) is 0 Å². The van der Waals surface area contributed by atoms with Crippen LogP contribution in [0, 0.1) is 0 Å². The van der Waals surface area contributed by atoms with Crippen molar-refractivity contribution in [2.45, 2.75) is 39.3 Å². The molecule has 0 radical (unpaired) electrons. The maximum atomic E-state index is 10.9. The predicted octanol–water partition coefficient (Wildman–Crippen LogP) is 0.936. The van der Waals surface area contributed by atoms with Crippen LogP contribution in [0.3, 0.4) is 0 Å². The summed E-state index contributed by atoms with van der Waals surface area (Å²) in [6, 6.07) is 0.0902. The average molecular weight is 159 g/mol. The highest BCUT2D eigenvalue weighted by Gasteiger charge is 2.11. The molecule has 0 bridgehead atoms. The monoisotopic (exact) mass is 159 g/mol. The van der Waals surface area contributed by atoms with Crippen LogP contribution in [0.25, 0.3) is 0 Å². The fourth-order valence-electron chi connectivity index (χ4n) is 0.677. The van der Waals surface area contributed by atoms with Crippen LogP contribution >= 0.6 is 0 Å². The molecule has 0 aliphatic carbocycles. The summed E-state index contributed by atoms with van der Waals surface area (Å²) in [5, 5.41) is 2.82. The fraction of sp³-hybridized carbons (Fsp3) is 0.875. The molecule has 0 fully saturated rings. The largest absolute Gasteiger partial charge is 0.380 e. The Balaban J connectivity index is 3.67. The summed E-state index contributed by atoms with van der Waals surface area (Å²) < 4.78 is 5.04. The lowest BCUT2D eigenvalue weighted by atomic mass is 10.2. The second-order valence-electron chi connectivity index (χ2n) is 2.65. The van der Waals surface area contributed by atoms with Gasteiger partial charge >= 0.3 is 0 Å². The minimum Gasteiger partial charge on any atom is -0.380 e. The summed E-state index contributed by atoms with van der Waals surface area (Å²) in [5.41, 5.74) is 0. The lowest BCUT2D eigenvalue weighted by molar-refractivity contribution is -0.122. The molecule has 2 atom stereocenters. The molecule has 66 valence electrons. The zero-order valence-corrected chi connectivity index (χ0v) is 7.68. The normalized spacial score (nSPS) is 15.6. The van der Waals surface area contributed by atoms with Crippen molar-refractivity contribution in [3.63, 3.8) is 0 Å². The van der Waals surface area contributed by atoms with Crippen molar-refractivity contribution in [2.75, 3.05) is 7.11 Å². The number of methoxy groups -OCH3 is 1. The molecule has 0 saturated carbocycles. The van der Waals surface area contributed by atoms with E-state index in [9.17, 15) is 4.79 Å². The molecule has 11 heavy (non-hydrogen) atoms. The summed E-state index contributed by atoms with van der Waals surface area (Å²) in [4.78, 5) is 10.9. The number of ether oxygens (including phenoxy) is 1. The third-order valence-corrected chi connectivity index (χ3v) is 1.79. The Kier molecular flexibility index (Phi) is 4.86. The Morgan fingerprint density at radius 1 is 1.55 bits per heavy atom. The first-order valence-corrected chi connectivity index (χ1v) is 3.94. The van der Waals surface area contributed by atoms with Crippen molar-refractivity contribution in [2.24, 2.45) is 0 Å². The SMILES string of the molecule is CCC(=O)N[C@H](C)C(C)OC. The Hall–Kier alpha value is -0.570. The fourth-order valence-corrected chi connectivity index (χ4v) is 0.677. The van der Waals surface area contributed by atoms with Crippen LogP contribution in [0.2, 0.25) is 0 Å². The van der Waals surface area contributed by atoms with Gasteiger partial charge in [0.1, 0.15) is 0 Å². The highest BCUT2D eigenvalue weighted by atomic mass is 16.5. The van der Waals surface area contributed by atoms with E-state index in [1.165, 1.54) is 0 Å². The second kappa shape index (κ2) is 5.13. The topological polar surface area (TPSA) is 38.3 Å². The van der Waals surface area contributed by atoms with Gasteiger partial charge in [-0.2, -0.15) is 0 Å². The van der Waals surface area contributed by atoms with Crippen molar-refractivity contribution in [1.29, 1.82) is 0 Å². The maximum absolute atomic E-state index is 10.9. The van der Waals surface area contributed by atoms with Crippen LogP contribution in [-0.2, 0) is 9.53 Å². The average Bonchev–Trinajstić information content (AvgIpc) is 2.02. The van der Waals surface area contributed by atoms with E-state index in [2.05, 4.69) is 5.32 Å². The third kappa shape index (κ3) is 3.98. The van der Waals surface area contributed by atoms with Gasteiger partial charge in [0.15, 0.2) is 0 Å². The van der Waals surface area contributed by atoms with Crippen LogP contribution in [0.1, 0.15) is 27.2 Å². The van der Waals surface area contributed by atoms with Gasteiger partial charge < -0.3 is 10.1 Å². The van der Waals surface area contributed by atoms with Crippen LogP contribution in [-0.4, -0.2) is 25.2 Å². The molecule has 1 N–H and O–H groups in total. The number of rotatable bonds is 4. The smallest absolute Gasteiger partial charge is 0.220 e. The molecule has 0 saturated heterocycles. The van der Waals surface area contributed by atoms with E-state index >= 15 is 0 Å². The highest BCUT2D eigenvalue weighted by molar-refractivity contribution is 5.75. The van der Waals surface area contributed by atoms with E-state index in [1.807, 2.05) is 20.8 Å². The van der Waals surface area contributed by atoms with Gasteiger partial charge in [-0.3, -0.25) is 4.79 Å². The summed E-state index contributed by atoms with van der Waals surface area (Å²) in [6.45, 7) is 5.70. The first kappa shape index (κ1) is 10.4. The number of carbonyl (C=O) groups excluding carboxylic acids is 1. The molecule has 0 aromatic carbocycles. The minimum atomic E-state index is 0.0707. The molecule has 0 aliphatic rings. The molecule has 1 unspecified atom stereocenters. The molecular formula is C8H17NO2. The van der Waals surface area contributed by atoms with Gasteiger partial charge in [0.25, 0.3) is 0 Å². The molecule has 1 amide bonds. The molecule has 0 rings (SSSR count). The zero-order chi connectivity index (χ0) is 8.85. The molecule has 0 aromatic rings.